The van der Waals surface area contributed by atoms with E-state index in [1.807, 2.05) is 18.2 Å². The standard InChI is InChI=1S/C23H23FN4/c1-16(21-4-2-3-10-27-21)23-13-17(14-25)22(12-18(23)9-11-26-15-23)28-20-7-5-19(24)6-8-20/h2-8,10,12,14,25-26,28H,1,9,11,13,15H2. The van der Waals surface area contributed by atoms with Crippen molar-refractivity contribution < 1.29 is 4.39 Å². The minimum atomic E-state index is -0.284. The molecule has 0 amide bonds. The van der Waals surface area contributed by atoms with Crippen molar-refractivity contribution in [3.63, 3.8) is 0 Å². The maximum Gasteiger partial charge on any atom is 0.123 e. The Morgan fingerprint density at radius 1 is 1.25 bits per heavy atom. The predicted octanol–water partition coefficient (Wildman–Crippen LogP) is 4.56. The summed E-state index contributed by atoms with van der Waals surface area (Å²) in [5, 5.41) is 14.8. The Morgan fingerprint density at radius 3 is 2.79 bits per heavy atom. The number of anilines is 1. The fourth-order valence-electron chi connectivity index (χ4n) is 4.08. The molecule has 1 fully saturated rings. The molecule has 0 bridgehead atoms. The average molecular weight is 374 g/mol. The van der Waals surface area contributed by atoms with E-state index >= 15 is 0 Å². The van der Waals surface area contributed by atoms with Gasteiger partial charge in [-0.1, -0.05) is 18.2 Å². The van der Waals surface area contributed by atoms with Gasteiger partial charge in [0.05, 0.1) is 5.69 Å². The minimum absolute atomic E-state index is 0.266. The molecule has 1 aliphatic carbocycles. The monoisotopic (exact) mass is 374 g/mol. The summed E-state index contributed by atoms with van der Waals surface area (Å²) < 4.78 is 13.2. The molecule has 1 atom stereocenters. The van der Waals surface area contributed by atoms with Crippen LogP contribution < -0.4 is 10.6 Å². The Bertz CT molecular complexity index is 960. The molecule has 4 rings (SSSR count). The number of hydrogen-bond acceptors (Lipinski definition) is 4. The van der Waals surface area contributed by atoms with E-state index < -0.39 is 0 Å². The third kappa shape index (κ3) is 3.29. The van der Waals surface area contributed by atoms with Gasteiger partial charge in [-0.3, -0.25) is 4.98 Å². The van der Waals surface area contributed by atoms with Crippen LogP contribution in [0.3, 0.4) is 0 Å². The van der Waals surface area contributed by atoms with Crippen LogP contribution in [-0.2, 0) is 0 Å². The fraction of sp³-hybridized carbons (Fsp3) is 0.217. The molecule has 1 unspecified atom stereocenters. The Morgan fingerprint density at radius 2 is 2.07 bits per heavy atom. The highest BCUT2D eigenvalue weighted by atomic mass is 19.1. The lowest BCUT2D eigenvalue weighted by Gasteiger charge is -2.44. The van der Waals surface area contributed by atoms with Crippen LogP contribution in [-0.4, -0.2) is 24.3 Å². The summed E-state index contributed by atoms with van der Waals surface area (Å²) in [5.74, 6) is -0.266. The van der Waals surface area contributed by atoms with Gasteiger partial charge < -0.3 is 16.0 Å². The van der Waals surface area contributed by atoms with Crippen molar-refractivity contribution in [3.05, 3.63) is 89.7 Å². The van der Waals surface area contributed by atoms with E-state index in [1.165, 1.54) is 23.9 Å². The first-order valence-electron chi connectivity index (χ1n) is 9.41. The number of nitrogens with one attached hydrogen (secondary N) is 3. The van der Waals surface area contributed by atoms with Crippen LogP contribution in [0, 0.1) is 16.6 Å². The van der Waals surface area contributed by atoms with Crippen molar-refractivity contribution in [1.29, 1.82) is 5.41 Å². The lowest BCUT2D eigenvalue weighted by molar-refractivity contribution is 0.377. The van der Waals surface area contributed by atoms with Crippen molar-refractivity contribution in [2.45, 2.75) is 12.8 Å². The van der Waals surface area contributed by atoms with Crippen molar-refractivity contribution >= 4 is 17.5 Å². The van der Waals surface area contributed by atoms with E-state index in [-0.39, 0.29) is 11.2 Å². The Labute approximate surface area is 164 Å². The van der Waals surface area contributed by atoms with E-state index in [0.29, 0.717) is 6.42 Å². The van der Waals surface area contributed by atoms with Gasteiger partial charge in [-0.15, -0.1) is 0 Å². The van der Waals surface area contributed by atoms with Gasteiger partial charge in [0.2, 0.25) is 0 Å². The van der Waals surface area contributed by atoms with Gasteiger partial charge in [-0.2, -0.15) is 0 Å². The smallest absolute Gasteiger partial charge is 0.123 e. The molecule has 3 N–H and O–H groups in total. The van der Waals surface area contributed by atoms with E-state index in [9.17, 15) is 4.39 Å². The number of benzene rings is 1. The molecule has 1 saturated heterocycles. The van der Waals surface area contributed by atoms with Crippen LogP contribution in [0.4, 0.5) is 10.1 Å². The maximum atomic E-state index is 13.2. The van der Waals surface area contributed by atoms with Crippen molar-refractivity contribution in [1.82, 2.24) is 10.3 Å². The summed E-state index contributed by atoms with van der Waals surface area (Å²) in [4.78, 5) is 4.51. The molecule has 0 spiro atoms. The van der Waals surface area contributed by atoms with E-state index in [0.717, 1.165) is 47.7 Å². The SMILES string of the molecule is C=C(c1ccccn1)C12CNCCC1=CC(Nc1ccc(F)cc1)=C(C=N)C2. The maximum absolute atomic E-state index is 13.2. The molecule has 4 nitrogen and oxygen atoms in total. The quantitative estimate of drug-likeness (QED) is 0.673. The Kier molecular flexibility index (Phi) is 4.92. The summed E-state index contributed by atoms with van der Waals surface area (Å²) >= 11 is 0. The zero-order valence-electron chi connectivity index (χ0n) is 15.6. The van der Waals surface area contributed by atoms with Crippen LogP contribution >= 0.6 is 0 Å². The second-order valence-corrected chi connectivity index (χ2v) is 7.26. The van der Waals surface area contributed by atoms with Gasteiger partial charge in [-0.05, 0) is 73.0 Å². The number of aromatic nitrogens is 1. The zero-order chi connectivity index (χ0) is 19.6. The molecular weight excluding hydrogens is 351 g/mol. The number of piperidine rings is 1. The number of allylic oxidation sites excluding steroid dienone is 2. The molecule has 0 saturated carbocycles. The van der Waals surface area contributed by atoms with Crippen LogP contribution in [0.15, 0.2) is 78.2 Å². The van der Waals surface area contributed by atoms with Gasteiger partial charge in [0.25, 0.3) is 0 Å². The van der Waals surface area contributed by atoms with Gasteiger partial charge in [0.15, 0.2) is 0 Å². The molecule has 1 aliphatic heterocycles. The lowest BCUT2D eigenvalue weighted by Crippen LogP contribution is -2.44. The van der Waals surface area contributed by atoms with E-state index in [4.69, 9.17) is 5.41 Å². The summed E-state index contributed by atoms with van der Waals surface area (Å²) in [5.41, 5.74) is 5.46. The number of rotatable bonds is 5. The van der Waals surface area contributed by atoms with Crippen LogP contribution in [0.5, 0.6) is 0 Å². The van der Waals surface area contributed by atoms with Crippen molar-refractivity contribution in [2.24, 2.45) is 5.41 Å². The van der Waals surface area contributed by atoms with Gasteiger partial charge in [-0.25, -0.2) is 4.39 Å². The normalized spacial score (nSPS) is 21.5. The topological polar surface area (TPSA) is 60.8 Å². The highest BCUT2D eigenvalue weighted by Gasteiger charge is 2.42. The molecule has 2 aromatic rings. The second kappa shape index (κ2) is 7.52. The first kappa shape index (κ1) is 18.3. The van der Waals surface area contributed by atoms with Gasteiger partial charge >= 0.3 is 0 Å². The summed E-state index contributed by atoms with van der Waals surface area (Å²) in [6, 6.07) is 12.1. The molecule has 2 aliphatic rings. The van der Waals surface area contributed by atoms with Gasteiger partial charge in [0.1, 0.15) is 5.82 Å². The molecular formula is C23H23FN4. The highest BCUT2D eigenvalue weighted by Crippen LogP contribution is 2.50. The number of pyridine rings is 1. The first-order chi connectivity index (χ1) is 13.6. The number of hydrogen-bond donors (Lipinski definition) is 3. The van der Waals surface area contributed by atoms with E-state index in [1.54, 1.807) is 18.3 Å². The molecule has 1 aromatic heterocycles. The zero-order valence-corrected chi connectivity index (χ0v) is 15.6. The molecule has 2 heterocycles. The second-order valence-electron chi connectivity index (χ2n) is 7.26. The summed E-state index contributed by atoms with van der Waals surface area (Å²) in [7, 11) is 0. The van der Waals surface area contributed by atoms with Crippen LogP contribution in [0.1, 0.15) is 18.5 Å². The van der Waals surface area contributed by atoms with Crippen LogP contribution in [0.2, 0.25) is 0 Å². The average Bonchev–Trinajstić information content (AvgIpc) is 2.75. The Balaban J connectivity index is 1.71. The van der Waals surface area contributed by atoms with Crippen molar-refractivity contribution in [3.8, 4) is 0 Å². The number of halogens is 1. The fourth-order valence-corrected chi connectivity index (χ4v) is 4.08. The number of fused-ring (bicyclic) bond motifs is 1. The van der Waals surface area contributed by atoms with Gasteiger partial charge in [0, 0.05) is 35.8 Å². The third-order valence-electron chi connectivity index (χ3n) is 5.62. The van der Waals surface area contributed by atoms with E-state index in [2.05, 4.69) is 28.3 Å². The number of nitrogens with zero attached hydrogens (tertiary/aromatic N) is 1. The largest absolute Gasteiger partial charge is 0.355 e. The minimum Gasteiger partial charge on any atom is -0.355 e. The first-order valence-corrected chi connectivity index (χ1v) is 9.41. The molecule has 1 aromatic carbocycles. The molecule has 0 radical (unpaired) electrons. The molecule has 5 heteroatoms. The summed E-state index contributed by atoms with van der Waals surface area (Å²) in [6.07, 6.45) is 6.91. The third-order valence-corrected chi connectivity index (χ3v) is 5.62. The van der Waals surface area contributed by atoms with Crippen molar-refractivity contribution in [2.75, 3.05) is 18.4 Å². The van der Waals surface area contributed by atoms with Crippen LogP contribution in [0.25, 0.3) is 5.57 Å². The predicted molar refractivity (Wildman–Crippen MR) is 112 cm³/mol. The molecule has 142 valence electrons. The highest BCUT2D eigenvalue weighted by molar-refractivity contribution is 5.84. The molecule has 28 heavy (non-hydrogen) atoms. The lowest BCUT2D eigenvalue weighted by atomic mass is 9.64. The summed E-state index contributed by atoms with van der Waals surface area (Å²) in [6.45, 7) is 6.09. The Hall–Kier alpha value is -3.05.